The Morgan fingerprint density at radius 3 is 2.43 bits per heavy atom. The van der Waals surface area contributed by atoms with E-state index in [0.717, 1.165) is 5.56 Å². The van der Waals surface area contributed by atoms with Gasteiger partial charge >= 0.3 is 21.7 Å². The number of rotatable bonds is 2. The van der Waals surface area contributed by atoms with Crippen LogP contribution in [0.25, 0.3) is 0 Å². The Kier molecular flexibility index (Phi) is 10.1. The summed E-state index contributed by atoms with van der Waals surface area (Å²) in [6.45, 7) is 1.83. The van der Waals surface area contributed by atoms with Crippen LogP contribution in [0.2, 0.25) is 0 Å². The minimum atomic E-state index is 0. The Balaban J connectivity index is 0. The second-order valence-electron chi connectivity index (χ2n) is 3.90. The number of para-hydroxylation sites is 2. The fourth-order valence-corrected chi connectivity index (χ4v) is 1.61. The summed E-state index contributed by atoms with van der Waals surface area (Å²) in [4.78, 5) is 4.24. The van der Waals surface area contributed by atoms with Crippen molar-refractivity contribution >= 4 is 11.9 Å². The molecule has 2 rings (SSSR count). The van der Waals surface area contributed by atoms with Crippen LogP contribution in [0, 0.1) is 33.1 Å². The second-order valence-corrected chi connectivity index (χ2v) is 3.90. The summed E-state index contributed by atoms with van der Waals surface area (Å²) in [6, 6.07) is 14.6. The summed E-state index contributed by atoms with van der Waals surface area (Å²) in [5, 5.41) is 18.8. The van der Waals surface area contributed by atoms with Gasteiger partial charge in [-0.2, -0.15) is 5.26 Å². The summed E-state index contributed by atoms with van der Waals surface area (Å²) in [5.74, 6) is 0.218. The van der Waals surface area contributed by atoms with Crippen molar-refractivity contribution in [3.8, 4) is 11.8 Å². The first-order chi connectivity index (χ1) is 8.72. The molecule has 0 saturated heterocycles. The van der Waals surface area contributed by atoms with Crippen molar-refractivity contribution in [3.05, 3.63) is 74.0 Å². The number of aliphatic imine (C=N–C) groups is 1. The molecule has 4 heteroatoms. The summed E-state index contributed by atoms with van der Waals surface area (Å²) < 4.78 is 0. The number of benzene rings is 2. The predicted molar refractivity (Wildman–Crippen MR) is 84.1 cm³/mol. The van der Waals surface area contributed by atoms with E-state index < -0.39 is 0 Å². The van der Waals surface area contributed by atoms with E-state index in [1.54, 1.807) is 30.5 Å². The molecular weight excluding hydrogens is 296 g/mol. The van der Waals surface area contributed by atoms with E-state index in [1.165, 1.54) is 0 Å². The maximum Gasteiger partial charge on any atom is 2.00 e. The zero-order chi connectivity index (χ0) is 13.0. The number of phenolic OH excluding ortho intramolecular Hbond substituents is 1. The third-order valence-corrected chi connectivity index (χ3v) is 2.64. The van der Waals surface area contributed by atoms with Gasteiger partial charge in [-0.25, -0.2) is 0 Å². The Morgan fingerprint density at radius 1 is 1.10 bits per heavy atom. The molecule has 0 saturated carbocycles. The van der Waals surface area contributed by atoms with Crippen LogP contribution >= 0.6 is 0 Å². The second kappa shape index (κ2) is 9.93. The normalized spacial score (nSPS) is 8.95. The molecular formula is C17H18N2OTi. The Hall–Kier alpha value is -1.89. The van der Waals surface area contributed by atoms with Gasteiger partial charge in [0, 0.05) is 11.8 Å². The van der Waals surface area contributed by atoms with Crippen molar-refractivity contribution in [1.29, 1.82) is 5.26 Å². The molecule has 0 heterocycles. The number of aromatic hydroxyl groups is 1. The van der Waals surface area contributed by atoms with E-state index in [-0.39, 0.29) is 42.3 Å². The van der Waals surface area contributed by atoms with Crippen LogP contribution in [0.3, 0.4) is 0 Å². The Labute approximate surface area is 141 Å². The minimum Gasteiger partial charge on any atom is -0.507 e. The molecule has 2 aromatic rings. The Bertz CT molecular complexity index is 645. The van der Waals surface area contributed by atoms with Crippen molar-refractivity contribution in [2.45, 2.75) is 6.92 Å². The molecule has 0 aliphatic carbocycles. The molecule has 0 spiro atoms. The molecule has 0 fully saturated rings. The van der Waals surface area contributed by atoms with E-state index in [0.29, 0.717) is 16.8 Å². The molecule has 3 nitrogen and oxygen atoms in total. The maximum atomic E-state index is 9.85. The van der Waals surface area contributed by atoms with E-state index in [4.69, 9.17) is 5.26 Å². The van der Waals surface area contributed by atoms with Gasteiger partial charge in [-0.15, -0.1) is 0 Å². The zero-order valence-electron chi connectivity index (χ0n) is 12.5. The first-order valence-electron chi connectivity index (χ1n) is 5.54. The van der Waals surface area contributed by atoms with Crippen molar-refractivity contribution in [3.63, 3.8) is 0 Å². The summed E-state index contributed by atoms with van der Waals surface area (Å²) in [7, 11) is 0. The molecule has 0 atom stereocenters. The van der Waals surface area contributed by atoms with E-state index >= 15 is 0 Å². The van der Waals surface area contributed by atoms with Crippen LogP contribution in [0.4, 0.5) is 5.69 Å². The van der Waals surface area contributed by atoms with Crippen molar-refractivity contribution in [2.75, 3.05) is 0 Å². The van der Waals surface area contributed by atoms with Gasteiger partial charge in [0.05, 0.1) is 11.3 Å². The van der Waals surface area contributed by atoms with E-state index in [1.807, 2.05) is 25.1 Å². The predicted octanol–water partition coefficient (Wildman–Crippen LogP) is 4.22. The molecule has 0 radical (unpaired) electrons. The standard InChI is InChI=1S/C15H12N2O.2CH3.Ti/c1-11-5-4-7-13(15(11)18)10-17-14-8-3-2-6-12(14)9-16;;;/h2-8,10,18H,1H3;2*1H3;/q;2*-1;+2. The summed E-state index contributed by atoms with van der Waals surface area (Å²) in [5.41, 5.74) is 2.55. The van der Waals surface area contributed by atoms with Crippen LogP contribution in [-0.2, 0) is 21.7 Å². The molecule has 0 aliphatic rings. The molecule has 0 aliphatic heterocycles. The fourth-order valence-electron chi connectivity index (χ4n) is 1.61. The number of nitriles is 1. The summed E-state index contributed by atoms with van der Waals surface area (Å²) >= 11 is 0. The van der Waals surface area contributed by atoms with Crippen LogP contribution in [0.5, 0.6) is 5.75 Å². The van der Waals surface area contributed by atoms with Gasteiger partial charge in [0.15, 0.2) is 0 Å². The van der Waals surface area contributed by atoms with Crippen LogP contribution in [0.1, 0.15) is 16.7 Å². The third-order valence-electron chi connectivity index (χ3n) is 2.64. The maximum absolute atomic E-state index is 9.85. The van der Waals surface area contributed by atoms with Crippen molar-refractivity contribution in [1.82, 2.24) is 0 Å². The van der Waals surface area contributed by atoms with E-state index in [2.05, 4.69) is 11.1 Å². The quantitative estimate of drug-likeness (QED) is 0.512. The first-order valence-corrected chi connectivity index (χ1v) is 5.54. The average Bonchev–Trinajstić information content (AvgIpc) is 2.41. The van der Waals surface area contributed by atoms with Crippen LogP contribution < -0.4 is 0 Å². The van der Waals surface area contributed by atoms with Gasteiger partial charge in [-0.1, -0.05) is 24.3 Å². The summed E-state index contributed by atoms with van der Waals surface area (Å²) in [6.07, 6.45) is 1.57. The topological polar surface area (TPSA) is 56.4 Å². The van der Waals surface area contributed by atoms with Crippen LogP contribution in [0.15, 0.2) is 47.5 Å². The molecule has 0 amide bonds. The number of hydrogen-bond donors (Lipinski definition) is 1. The first kappa shape index (κ1) is 21.4. The van der Waals surface area contributed by atoms with Crippen molar-refractivity contribution < 1.29 is 26.8 Å². The van der Waals surface area contributed by atoms with Gasteiger partial charge < -0.3 is 20.0 Å². The van der Waals surface area contributed by atoms with Gasteiger partial charge in [-0.3, -0.25) is 4.99 Å². The number of hydrogen-bond acceptors (Lipinski definition) is 3. The monoisotopic (exact) mass is 314 g/mol. The minimum absolute atomic E-state index is 0. The average molecular weight is 314 g/mol. The van der Waals surface area contributed by atoms with E-state index in [9.17, 15) is 5.11 Å². The SMILES string of the molecule is Cc1cccc(C=Nc2ccccc2C#N)c1O.[CH3-].[CH3-].[Ti+2]. The Morgan fingerprint density at radius 2 is 1.76 bits per heavy atom. The van der Waals surface area contributed by atoms with Gasteiger partial charge in [-0.05, 0) is 30.7 Å². The molecule has 0 aromatic heterocycles. The smallest absolute Gasteiger partial charge is 0.507 e. The number of aryl methyl sites for hydroxylation is 1. The zero-order valence-corrected chi connectivity index (χ0v) is 14.0. The van der Waals surface area contributed by atoms with Crippen molar-refractivity contribution in [2.24, 2.45) is 4.99 Å². The fraction of sp³-hybridized carbons (Fsp3) is 0.0588. The molecule has 1 N–H and O–H groups in total. The number of phenols is 1. The molecule has 21 heavy (non-hydrogen) atoms. The molecule has 0 unspecified atom stereocenters. The van der Waals surface area contributed by atoms with Crippen LogP contribution in [-0.4, -0.2) is 11.3 Å². The largest absolute Gasteiger partial charge is 2.00 e. The van der Waals surface area contributed by atoms with Gasteiger partial charge in [0.1, 0.15) is 11.8 Å². The third kappa shape index (κ3) is 5.19. The molecule has 0 bridgehead atoms. The molecule has 106 valence electrons. The van der Waals surface area contributed by atoms with Gasteiger partial charge in [0.25, 0.3) is 0 Å². The van der Waals surface area contributed by atoms with Gasteiger partial charge in [0.2, 0.25) is 0 Å². The molecule has 2 aromatic carbocycles. The number of nitrogens with zero attached hydrogens (tertiary/aromatic N) is 2.